The zero-order valence-corrected chi connectivity index (χ0v) is 17.9. The van der Waals surface area contributed by atoms with Crippen molar-refractivity contribution in [3.05, 3.63) is 51.5 Å². The van der Waals surface area contributed by atoms with E-state index in [4.69, 9.17) is 44.3 Å². The number of benzene rings is 1. The van der Waals surface area contributed by atoms with Gasteiger partial charge in [-0.3, -0.25) is 0 Å². The maximum Gasteiger partial charge on any atom is 0.186 e. The number of halogens is 3. The summed E-state index contributed by atoms with van der Waals surface area (Å²) < 4.78 is 14.7. The molecule has 1 aliphatic heterocycles. The van der Waals surface area contributed by atoms with Gasteiger partial charge < -0.3 is 14.0 Å². The van der Waals surface area contributed by atoms with E-state index in [1.165, 1.54) is 0 Å². The van der Waals surface area contributed by atoms with Crippen LogP contribution in [0.1, 0.15) is 38.7 Å². The number of hydrogen-bond donors (Lipinski definition) is 0. The van der Waals surface area contributed by atoms with Crippen LogP contribution in [-0.2, 0) is 22.4 Å². The van der Waals surface area contributed by atoms with Gasteiger partial charge >= 0.3 is 0 Å². The van der Waals surface area contributed by atoms with E-state index in [1.54, 1.807) is 24.7 Å². The molecule has 0 aliphatic carbocycles. The van der Waals surface area contributed by atoms with Gasteiger partial charge in [-0.2, -0.15) is 0 Å². The molecule has 0 spiro atoms. The first-order valence-corrected chi connectivity index (χ1v) is 10.4. The van der Waals surface area contributed by atoms with Crippen LogP contribution in [0.15, 0.2) is 30.9 Å². The number of rotatable bonds is 7. The van der Waals surface area contributed by atoms with Crippen LogP contribution in [0.4, 0.5) is 0 Å². The molecule has 0 amide bonds. The molecule has 0 saturated carbocycles. The van der Waals surface area contributed by atoms with E-state index in [2.05, 4.69) is 18.8 Å². The van der Waals surface area contributed by atoms with Crippen LogP contribution in [0.3, 0.4) is 0 Å². The lowest BCUT2D eigenvalue weighted by molar-refractivity contribution is -0.313. The Labute approximate surface area is 175 Å². The fourth-order valence-electron chi connectivity index (χ4n) is 3.41. The summed E-state index contributed by atoms with van der Waals surface area (Å²) in [5, 5.41) is 1.66. The van der Waals surface area contributed by atoms with Gasteiger partial charge in [-0.15, -0.1) is 0 Å². The topological polar surface area (TPSA) is 36.3 Å². The van der Waals surface area contributed by atoms with Crippen molar-refractivity contribution >= 4 is 34.8 Å². The number of ether oxygens (including phenoxy) is 2. The highest BCUT2D eigenvalue weighted by atomic mass is 35.5. The summed E-state index contributed by atoms with van der Waals surface area (Å²) in [5.41, 5.74) is 0.941. The molecule has 1 aromatic carbocycles. The summed E-state index contributed by atoms with van der Waals surface area (Å²) >= 11 is 18.8. The summed E-state index contributed by atoms with van der Waals surface area (Å²) in [6, 6.07) is 3.43. The van der Waals surface area contributed by atoms with Gasteiger partial charge in [0.1, 0.15) is 0 Å². The minimum Gasteiger partial charge on any atom is -0.347 e. The van der Waals surface area contributed by atoms with Crippen molar-refractivity contribution in [3.63, 3.8) is 0 Å². The van der Waals surface area contributed by atoms with E-state index in [0.717, 1.165) is 18.4 Å². The molecule has 0 unspecified atom stereocenters. The molecule has 0 N–H and O–H groups in total. The molecule has 0 radical (unpaired) electrons. The van der Waals surface area contributed by atoms with Gasteiger partial charge in [0, 0.05) is 39.3 Å². The largest absolute Gasteiger partial charge is 0.347 e. The predicted molar refractivity (Wildman–Crippen MR) is 110 cm³/mol. The number of aromatic nitrogens is 2. The van der Waals surface area contributed by atoms with Crippen LogP contribution in [-0.4, -0.2) is 28.6 Å². The predicted octanol–water partition coefficient (Wildman–Crippen LogP) is 6.03. The minimum absolute atomic E-state index is 0.0774. The Morgan fingerprint density at radius 2 is 1.70 bits per heavy atom. The molecule has 0 atom stereocenters. The molecule has 1 saturated heterocycles. The molecule has 4 nitrogen and oxygen atoms in total. The molecular weight excluding hydrogens is 407 g/mol. The Bertz CT molecular complexity index is 728. The highest BCUT2D eigenvalue weighted by molar-refractivity contribution is 6.39. The monoisotopic (exact) mass is 430 g/mol. The van der Waals surface area contributed by atoms with Crippen molar-refractivity contribution in [2.45, 2.75) is 51.9 Å². The van der Waals surface area contributed by atoms with Crippen LogP contribution >= 0.6 is 34.8 Å². The molecule has 2 aromatic rings. The first kappa shape index (κ1) is 20.9. The Morgan fingerprint density at radius 1 is 1.07 bits per heavy atom. The Balaban J connectivity index is 1.79. The average molecular weight is 432 g/mol. The molecule has 0 bridgehead atoms. The molecule has 2 heterocycles. The van der Waals surface area contributed by atoms with Crippen LogP contribution in [0.5, 0.6) is 0 Å². The second-order valence-corrected chi connectivity index (χ2v) is 8.53. The van der Waals surface area contributed by atoms with Crippen molar-refractivity contribution in [1.29, 1.82) is 0 Å². The molecule has 1 aliphatic rings. The van der Waals surface area contributed by atoms with Gasteiger partial charge in [-0.1, -0.05) is 48.7 Å². The third-order valence-electron chi connectivity index (χ3n) is 5.63. The molecule has 1 aromatic heterocycles. The lowest BCUT2D eigenvalue weighted by Gasteiger charge is -2.46. The van der Waals surface area contributed by atoms with Gasteiger partial charge in [0.05, 0.1) is 26.1 Å². The third kappa shape index (κ3) is 4.80. The van der Waals surface area contributed by atoms with E-state index < -0.39 is 5.79 Å². The van der Waals surface area contributed by atoms with Gasteiger partial charge in [0.15, 0.2) is 5.79 Å². The van der Waals surface area contributed by atoms with Gasteiger partial charge in [-0.25, -0.2) is 4.98 Å². The Morgan fingerprint density at radius 3 is 2.22 bits per heavy atom. The van der Waals surface area contributed by atoms with Crippen molar-refractivity contribution in [1.82, 2.24) is 9.55 Å². The molecule has 1 fully saturated rings. The first-order valence-electron chi connectivity index (χ1n) is 9.28. The Hall–Kier alpha value is -0.780. The lowest BCUT2D eigenvalue weighted by atomic mass is 9.83. The molecular formula is C20H25Cl3N2O2. The van der Waals surface area contributed by atoms with Crippen LogP contribution < -0.4 is 0 Å². The smallest absolute Gasteiger partial charge is 0.186 e. The van der Waals surface area contributed by atoms with Gasteiger partial charge in [0.2, 0.25) is 0 Å². The quantitative estimate of drug-likeness (QED) is 0.537. The SMILES string of the molecule is CCC1(CC)COC(CCc2c(Cl)cc(Cl)cc2Cl)(Cn2ccnc2)OC1. The zero-order valence-electron chi connectivity index (χ0n) is 15.7. The lowest BCUT2D eigenvalue weighted by Crippen LogP contribution is -2.51. The molecule has 27 heavy (non-hydrogen) atoms. The number of imidazole rings is 1. The van der Waals surface area contributed by atoms with E-state index in [1.807, 2.05) is 10.8 Å². The van der Waals surface area contributed by atoms with E-state index in [0.29, 0.717) is 47.7 Å². The normalized spacial score (nSPS) is 18.6. The number of hydrogen-bond acceptors (Lipinski definition) is 3. The molecule has 7 heteroatoms. The highest BCUT2D eigenvalue weighted by Gasteiger charge is 2.43. The minimum atomic E-state index is -0.735. The van der Waals surface area contributed by atoms with Gasteiger partial charge in [-0.05, 0) is 37.0 Å². The number of nitrogens with zero attached hydrogens (tertiary/aromatic N) is 2. The van der Waals surface area contributed by atoms with Crippen molar-refractivity contribution in [2.24, 2.45) is 5.41 Å². The zero-order chi connectivity index (χ0) is 19.5. The molecule has 148 valence electrons. The fourth-order valence-corrected chi connectivity index (χ4v) is 4.42. The third-order valence-corrected chi connectivity index (χ3v) is 6.52. The Kier molecular flexibility index (Phi) is 6.75. The van der Waals surface area contributed by atoms with E-state index >= 15 is 0 Å². The summed E-state index contributed by atoms with van der Waals surface area (Å²) in [5.74, 6) is -0.735. The highest BCUT2D eigenvalue weighted by Crippen LogP contribution is 2.39. The second kappa shape index (κ2) is 8.71. The molecule has 3 rings (SSSR count). The fraction of sp³-hybridized carbons (Fsp3) is 0.550. The van der Waals surface area contributed by atoms with E-state index in [-0.39, 0.29) is 5.41 Å². The first-order chi connectivity index (χ1) is 12.9. The summed E-state index contributed by atoms with van der Waals surface area (Å²) in [7, 11) is 0. The van der Waals surface area contributed by atoms with Crippen molar-refractivity contribution in [3.8, 4) is 0 Å². The summed E-state index contributed by atoms with van der Waals surface area (Å²) in [6.45, 7) is 6.30. The second-order valence-electron chi connectivity index (χ2n) is 7.28. The summed E-state index contributed by atoms with van der Waals surface area (Å²) in [6.07, 6.45) is 8.77. The maximum absolute atomic E-state index is 6.38. The van der Waals surface area contributed by atoms with E-state index in [9.17, 15) is 0 Å². The maximum atomic E-state index is 6.38. The van der Waals surface area contributed by atoms with Crippen LogP contribution in [0, 0.1) is 5.41 Å². The average Bonchev–Trinajstić information content (AvgIpc) is 3.15. The van der Waals surface area contributed by atoms with Gasteiger partial charge in [0.25, 0.3) is 0 Å². The summed E-state index contributed by atoms with van der Waals surface area (Å²) in [4.78, 5) is 4.13. The van der Waals surface area contributed by atoms with Crippen LogP contribution in [0.25, 0.3) is 0 Å². The standard InChI is InChI=1S/C20H25Cl3N2O2/c1-3-19(4-2)12-26-20(27-13-19,11-25-8-7-24-14-25)6-5-16-17(22)9-15(21)10-18(16)23/h7-10,14H,3-6,11-13H2,1-2H3. The van der Waals surface area contributed by atoms with Crippen molar-refractivity contribution in [2.75, 3.05) is 13.2 Å². The van der Waals surface area contributed by atoms with Crippen LogP contribution in [0.2, 0.25) is 15.1 Å². The van der Waals surface area contributed by atoms with Crippen molar-refractivity contribution < 1.29 is 9.47 Å².